The minimum absolute atomic E-state index is 0.533. The Labute approximate surface area is 144 Å². The Kier molecular flexibility index (Phi) is 3.80. The van der Waals surface area contributed by atoms with Gasteiger partial charge >= 0.3 is 0 Å². The smallest absolute Gasteiger partial charge is 0.181 e. The Morgan fingerprint density at radius 2 is 1.88 bits per heavy atom. The molecule has 0 aliphatic heterocycles. The second-order valence-electron chi connectivity index (χ2n) is 5.47. The number of anilines is 1. The van der Waals surface area contributed by atoms with Crippen molar-refractivity contribution in [2.75, 3.05) is 18.4 Å². The van der Waals surface area contributed by atoms with E-state index in [1.807, 2.05) is 54.7 Å². The average molecular weight is 338 g/mol. The number of nitrogens with one attached hydrogen (secondary N) is 1. The van der Waals surface area contributed by atoms with Crippen LogP contribution in [-0.2, 0) is 0 Å². The summed E-state index contributed by atoms with van der Waals surface area (Å²) < 4.78 is 2.12. The highest BCUT2D eigenvalue weighted by Gasteiger charge is 2.14. The van der Waals surface area contributed by atoms with E-state index in [0.717, 1.165) is 33.8 Å². The first-order valence-electron chi connectivity index (χ1n) is 7.74. The molecule has 0 amide bonds. The molecule has 0 fully saturated rings. The van der Waals surface area contributed by atoms with E-state index >= 15 is 0 Å². The molecule has 4 rings (SSSR count). The van der Waals surface area contributed by atoms with Crippen LogP contribution < -0.4 is 11.1 Å². The second kappa shape index (κ2) is 6.11. The number of nitrogens with two attached hydrogens (primary N) is 1. The van der Waals surface area contributed by atoms with Gasteiger partial charge in [-0.3, -0.25) is 4.40 Å². The van der Waals surface area contributed by atoms with E-state index in [-0.39, 0.29) is 0 Å². The molecule has 0 aliphatic rings. The minimum Gasteiger partial charge on any atom is -0.366 e. The number of para-hydroxylation sites is 2. The van der Waals surface area contributed by atoms with Crippen molar-refractivity contribution < 1.29 is 0 Å². The third kappa shape index (κ3) is 2.48. The number of rotatable bonds is 4. The van der Waals surface area contributed by atoms with Gasteiger partial charge in [0.25, 0.3) is 0 Å². The molecule has 2 heterocycles. The summed E-state index contributed by atoms with van der Waals surface area (Å²) in [6.45, 7) is 1.18. The minimum atomic E-state index is 0.533. The van der Waals surface area contributed by atoms with Crippen molar-refractivity contribution in [3.05, 3.63) is 59.8 Å². The van der Waals surface area contributed by atoms with Crippen molar-refractivity contribution in [1.82, 2.24) is 14.4 Å². The van der Waals surface area contributed by atoms with Crippen LogP contribution in [0.3, 0.4) is 0 Å². The zero-order valence-corrected chi connectivity index (χ0v) is 13.7. The van der Waals surface area contributed by atoms with Crippen LogP contribution in [0.1, 0.15) is 0 Å². The molecule has 0 saturated carbocycles. The molecule has 0 aliphatic carbocycles. The Morgan fingerprint density at radius 3 is 2.67 bits per heavy atom. The Hall–Kier alpha value is -2.63. The topological polar surface area (TPSA) is 68.2 Å². The Morgan fingerprint density at radius 1 is 1.08 bits per heavy atom. The lowest BCUT2D eigenvalue weighted by molar-refractivity contribution is 1.01. The average Bonchev–Trinajstić information content (AvgIpc) is 3.06. The van der Waals surface area contributed by atoms with Crippen LogP contribution in [0.2, 0.25) is 5.02 Å². The molecule has 4 aromatic rings. The van der Waals surface area contributed by atoms with Gasteiger partial charge in [0.05, 0.1) is 22.9 Å². The van der Waals surface area contributed by atoms with E-state index < -0.39 is 0 Å². The van der Waals surface area contributed by atoms with Crippen LogP contribution in [-0.4, -0.2) is 27.5 Å². The number of fused-ring (bicyclic) bond motifs is 3. The van der Waals surface area contributed by atoms with Gasteiger partial charge < -0.3 is 11.1 Å². The van der Waals surface area contributed by atoms with Crippen molar-refractivity contribution in [2.24, 2.45) is 5.73 Å². The molecule has 2 aromatic heterocycles. The van der Waals surface area contributed by atoms with Gasteiger partial charge in [-0.2, -0.15) is 0 Å². The SMILES string of the molecule is NCCNc1nc2ccccc2n2c(-c3ccc(Cl)cc3)cnc12. The van der Waals surface area contributed by atoms with Gasteiger partial charge in [-0.15, -0.1) is 0 Å². The third-order valence-corrected chi connectivity index (χ3v) is 4.16. The van der Waals surface area contributed by atoms with Crippen molar-refractivity contribution in [1.29, 1.82) is 0 Å². The molecule has 3 N–H and O–H groups in total. The van der Waals surface area contributed by atoms with Gasteiger partial charge in [0.2, 0.25) is 0 Å². The summed E-state index contributed by atoms with van der Waals surface area (Å²) in [6, 6.07) is 15.8. The van der Waals surface area contributed by atoms with E-state index in [4.69, 9.17) is 22.3 Å². The molecular formula is C18H16ClN5. The predicted octanol–water partition coefficient (Wildman–Crippen LogP) is 3.57. The fourth-order valence-electron chi connectivity index (χ4n) is 2.81. The summed E-state index contributed by atoms with van der Waals surface area (Å²) in [7, 11) is 0. The molecule has 0 unspecified atom stereocenters. The molecule has 2 aromatic carbocycles. The van der Waals surface area contributed by atoms with Crippen molar-refractivity contribution >= 4 is 34.1 Å². The largest absolute Gasteiger partial charge is 0.366 e. The van der Waals surface area contributed by atoms with Crippen molar-refractivity contribution in [2.45, 2.75) is 0 Å². The van der Waals surface area contributed by atoms with Gasteiger partial charge in [-0.05, 0) is 24.3 Å². The van der Waals surface area contributed by atoms with Crippen LogP contribution >= 0.6 is 11.6 Å². The highest BCUT2D eigenvalue weighted by molar-refractivity contribution is 6.30. The van der Waals surface area contributed by atoms with E-state index in [1.165, 1.54) is 0 Å². The standard InChI is InChI=1S/C18H16ClN5/c19-13-7-5-12(6-8-13)16-11-22-18-17(21-10-9-20)23-14-3-1-2-4-15(14)24(16)18/h1-8,11H,9-10,20H2,(H,21,23). The predicted molar refractivity (Wildman–Crippen MR) is 98.5 cm³/mol. The third-order valence-electron chi connectivity index (χ3n) is 3.91. The monoisotopic (exact) mass is 337 g/mol. The van der Waals surface area contributed by atoms with Gasteiger partial charge in [0.1, 0.15) is 0 Å². The zero-order valence-electron chi connectivity index (χ0n) is 12.9. The highest BCUT2D eigenvalue weighted by atomic mass is 35.5. The van der Waals surface area contributed by atoms with Gasteiger partial charge in [-0.25, -0.2) is 9.97 Å². The quantitative estimate of drug-likeness (QED) is 0.597. The first-order valence-corrected chi connectivity index (χ1v) is 8.12. The summed E-state index contributed by atoms with van der Waals surface area (Å²) in [5, 5.41) is 3.98. The maximum atomic E-state index is 6.01. The van der Waals surface area contributed by atoms with Gasteiger partial charge in [-0.1, -0.05) is 35.9 Å². The summed E-state index contributed by atoms with van der Waals surface area (Å²) in [5.41, 5.74) is 10.4. The van der Waals surface area contributed by atoms with E-state index in [0.29, 0.717) is 18.1 Å². The molecule has 6 heteroatoms. The molecule has 0 bridgehead atoms. The molecule has 0 spiro atoms. The lowest BCUT2D eigenvalue weighted by atomic mass is 10.1. The van der Waals surface area contributed by atoms with Crippen LogP contribution in [0.5, 0.6) is 0 Å². The van der Waals surface area contributed by atoms with Gasteiger partial charge in [0.15, 0.2) is 11.5 Å². The van der Waals surface area contributed by atoms with E-state index in [2.05, 4.69) is 14.7 Å². The molecule has 0 radical (unpaired) electrons. The molecule has 0 saturated heterocycles. The molecule has 120 valence electrons. The first kappa shape index (κ1) is 14.9. The second-order valence-corrected chi connectivity index (χ2v) is 5.91. The van der Waals surface area contributed by atoms with Crippen LogP contribution in [0.15, 0.2) is 54.7 Å². The Bertz CT molecular complexity index is 1010. The molecule has 0 atom stereocenters. The number of nitrogens with zero attached hydrogens (tertiary/aromatic N) is 3. The lowest BCUT2D eigenvalue weighted by Crippen LogP contribution is -2.15. The van der Waals surface area contributed by atoms with Crippen LogP contribution in [0, 0.1) is 0 Å². The number of imidazole rings is 1. The van der Waals surface area contributed by atoms with Crippen molar-refractivity contribution in [3.63, 3.8) is 0 Å². The number of hydrogen-bond acceptors (Lipinski definition) is 4. The summed E-state index contributed by atoms with van der Waals surface area (Å²) >= 11 is 6.01. The fraction of sp³-hybridized carbons (Fsp3) is 0.111. The number of hydrogen-bond donors (Lipinski definition) is 2. The van der Waals surface area contributed by atoms with Crippen molar-refractivity contribution in [3.8, 4) is 11.3 Å². The molecular weight excluding hydrogens is 322 g/mol. The lowest BCUT2D eigenvalue weighted by Gasteiger charge is -2.11. The maximum Gasteiger partial charge on any atom is 0.181 e. The fourth-order valence-corrected chi connectivity index (χ4v) is 2.94. The van der Waals surface area contributed by atoms with Crippen LogP contribution in [0.25, 0.3) is 27.9 Å². The van der Waals surface area contributed by atoms with E-state index in [1.54, 1.807) is 0 Å². The highest BCUT2D eigenvalue weighted by Crippen LogP contribution is 2.28. The number of halogens is 1. The summed E-state index contributed by atoms with van der Waals surface area (Å²) in [5.74, 6) is 0.736. The molecule has 24 heavy (non-hydrogen) atoms. The number of benzene rings is 2. The Balaban J connectivity index is 2.02. The van der Waals surface area contributed by atoms with E-state index in [9.17, 15) is 0 Å². The molecule has 5 nitrogen and oxygen atoms in total. The summed E-state index contributed by atoms with van der Waals surface area (Å²) in [4.78, 5) is 9.28. The van der Waals surface area contributed by atoms with Crippen LogP contribution in [0.4, 0.5) is 5.82 Å². The first-order chi connectivity index (χ1) is 11.8. The van der Waals surface area contributed by atoms with Gasteiger partial charge in [0, 0.05) is 23.7 Å². The summed E-state index contributed by atoms with van der Waals surface area (Å²) in [6.07, 6.45) is 1.86. The normalized spacial score (nSPS) is 11.2. The zero-order chi connectivity index (χ0) is 16.5. The maximum absolute atomic E-state index is 6.01. The number of aromatic nitrogens is 3.